The minimum Gasteiger partial charge on any atom is -0.382 e. The Hall–Kier alpha value is -1.06. The van der Waals surface area contributed by atoms with E-state index in [1.165, 1.54) is 0 Å². The normalized spacial score (nSPS) is 29.5. The summed E-state index contributed by atoms with van der Waals surface area (Å²) in [5, 5.41) is 9.49. The van der Waals surface area contributed by atoms with E-state index in [-0.39, 0.29) is 0 Å². The summed E-state index contributed by atoms with van der Waals surface area (Å²) < 4.78 is 0. The first-order chi connectivity index (χ1) is 5.14. The molecule has 1 atom stereocenters. The van der Waals surface area contributed by atoms with E-state index in [0.29, 0.717) is 0 Å². The number of aliphatic hydroxyl groups is 1. The van der Waals surface area contributed by atoms with E-state index in [1.807, 2.05) is 0 Å². The molecule has 4 N–H and O–H groups in total. The molecule has 0 bridgehead atoms. The zero-order valence-corrected chi connectivity index (χ0v) is 6.41. The molecule has 3 heteroatoms. The first-order valence-corrected chi connectivity index (χ1v) is 3.42. The largest absolute Gasteiger partial charge is 0.382 e. The molecule has 0 spiro atoms. The zero-order chi connectivity index (χ0) is 8.32. The van der Waals surface area contributed by atoms with Crippen LogP contribution < -0.4 is 11.3 Å². The Bertz CT molecular complexity index is 226. The van der Waals surface area contributed by atoms with E-state index in [4.69, 9.17) is 5.84 Å². The van der Waals surface area contributed by atoms with Crippen molar-refractivity contribution in [2.45, 2.75) is 12.5 Å². The van der Waals surface area contributed by atoms with Gasteiger partial charge >= 0.3 is 0 Å². The van der Waals surface area contributed by atoms with Crippen LogP contribution in [0, 0.1) is 0 Å². The summed E-state index contributed by atoms with van der Waals surface area (Å²) in [6, 6.07) is 0. The highest BCUT2D eigenvalue weighted by molar-refractivity contribution is 5.30. The lowest BCUT2D eigenvalue weighted by Gasteiger charge is -2.11. The van der Waals surface area contributed by atoms with Crippen LogP contribution in [0.2, 0.25) is 0 Å². The Balaban J connectivity index is 2.83. The number of rotatable bonds is 1. The highest BCUT2D eigenvalue weighted by atomic mass is 16.3. The maximum atomic E-state index is 9.49. The molecule has 0 saturated heterocycles. The van der Waals surface area contributed by atoms with Gasteiger partial charge in [0.15, 0.2) is 0 Å². The van der Waals surface area contributed by atoms with Gasteiger partial charge in [-0.3, -0.25) is 5.84 Å². The molecule has 0 aromatic rings. The molecule has 0 fully saturated rings. The summed E-state index contributed by atoms with van der Waals surface area (Å²) >= 11 is 0. The SMILES string of the molecule is CC1(O)C=CC=C(NN)C=C1. The van der Waals surface area contributed by atoms with Crippen molar-refractivity contribution < 1.29 is 5.11 Å². The van der Waals surface area contributed by atoms with Crippen LogP contribution in [0.25, 0.3) is 0 Å². The van der Waals surface area contributed by atoms with Gasteiger partial charge in [0.1, 0.15) is 0 Å². The van der Waals surface area contributed by atoms with E-state index in [0.717, 1.165) is 5.70 Å². The summed E-state index contributed by atoms with van der Waals surface area (Å²) in [6.45, 7) is 1.70. The van der Waals surface area contributed by atoms with Crippen molar-refractivity contribution in [2.24, 2.45) is 5.84 Å². The van der Waals surface area contributed by atoms with Crippen molar-refractivity contribution in [2.75, 3.05) is 0 Å². The molecule has 11 heavy (non-hydrogen) atoms. The third kappa shape index (κ3) is 2.22. The Labute approximate surface area is 65.9 Å². The first kappa shape index (κ1) is 8.04. The van der Waals surface area contributed by atoms with Gasteiger partial charge in [-0.05, 0) is 31.2 Å². The molecule has 1 aliphatic carbocycles. The van der Waals surface area contributed by atoms with Crippen LogP contribution in [0.3, 0.4) is 0 Å². The molecule has 1 rings (SSSR count). The average Bonchev–Trinajstić information content (AvgIpc) is 2.10. The molecule has 0 radical (unpaired) electrons. The van der Waals surface area contributed by atoms with Crippen LogP contribution >= 0.6 is 0 Å². The number of hydrazine groups is 1. The Kier molecular flexibility index (Phi) is 2.12. The fourth-order valence-corrected chi connectivity index (χ4v) is 0.812. The Morgan fingerprint density at radius 2 is 2.27 bits per heavy atom. The Morgan fingerprint density at radius 3 is 2.91 bits per heavy atom. The third-order valence-corrected chi connectivity index (χ3v) is 1.48. The second kappa shape index (κ2) is 2.90. The summed E-state index contributed by atoms with van der Waals surface area (Å²) in [7, 11) is 0. The molecular weight excluding hydrogens is 140 g/mol. The second-order valence-corrected chi connectivity index (χ2v) is 2.68. The number of nitrogens with two attached hydrogens (primary N) is 1. The molecule has 60 valence electrons. The smallest absolute Gasteiger partial charge is 0.0987 e. The molecule has 1 aliphatic rings. The van der Waals surface area contributed by atoms with E-state index in [1.54, 1.807) is 37.3 Å². The van der Waals surface area contributed by atoms with Gasteiger partial charge in [-0.25, -0.2) is 0 Å². The predicted molar refractivity (Wildman–Crippen MR) is 44.3 cm³/mol. The fourth-order valence-electron chi connectivity index (χ4n) is 0.812. The van der Waals surface area contributed by atoms with Gasteiger partial charge in [0.05, 0.1) is 5.60 Å². The second-order valence-electron chi connectivity index (χ2n) is 2.68. The van der Waals surface area contributed by atoms with Gasteiger partial charge in [0.25, 0.3) is 0 Å². The third-order valence-electron chi connectivity index (χ3n) is 1.48. The van der Waals surface area contributed by atoms with Crippen LogP contribution in [-0.2, 0) is 0 Å². The standard InChI is InChI=1S/C8H12N2O/c1-8(11)5-2-3-7(10-9)4-6-8/h2-6,10-11H,9H2,1H3. The lowest BCUT2D eigenvalue weighted by Crippen LogP contribution is -2.20. The van der Waals surface area contributed by atoms with Gasteiger partial charge in [-0.1, -0.05) is 6.08 Å². The monoisotopic (exact) mass is 152 g/mol. The first-order valence-electron chi connectivity index (χ1n) is 3.42. The van der Waals surface area contributed by atoms with Crippen LogP contribution in [0.1, 0.15) is 6.92 Å². The van der Waals surface area contributed by atoms with E-state index >= 15 is 0 Å². The Morgan fingerprint density at radius 1 is 1.55 bits per heavy atom. The molecule has 3 nitrogen and oxygen atoms in total. The van der Waals surface area contributed by atoms with Gasteiger partial charge in [0.2, 0.25) is 0 Å². The topological polar surface area (TPSA) is 58.3 Å². The highest BCUT2D eigenvalue weighted by Crippen LogP contribution is 2.11. The van der Waals surface area contributed by atoms with Gasteiger partial charge in [-0.15, -0.1) is 0 Å². The lowest BCUT2D eigenvalue weighted by atomic mass is 10.1. The molecule has 0 heterocycles. The van der Waals surface area contributed by atoms with Crippen LogP contribution in [0.4, 0.5) is 0 Å². The van der Waals surface area contributed by atoms with Gasteiger partial charge < -0.3 is 10.5 Å². The molecular formula is C8H12N2O. The minimum atomic E-state index is -0.866. The summed E-state index contributed by atoms with van der Waals surface area (Å²) in [6.07, 6.45) is 8.64. The highest BCUT2D eigenvalue weighted by Gasteiger charge is 2.11. The fraction of sp³-hybridized carbons (Fsp3) is 0.250. The summed E-state index contributed by atoms with van der Waals surface area (Å²) in [4.78, 5) is 0. The van der Waals surface area contributed by atoms with Crippen molar-refractivity contribution in [3.05, 3.63) is 36.1 Å². The lowest BCUT2D eigenvalue weighted by molar-refractivity contribution is 0.164. The summed E-state index contributed by atoms with van der Waals surface area (Å²) in [5.41, 5.74) is 2.40. The molecule has 0 aromatic heterocycles. The van der Waals surface area contributed by atoms with Crippen LogP contribution in [0.5, 0.6) is 0 Å². The number of nitrogens with one attached hydrogen (secondary N) is 1. The molecule has 0 amide bonds. The van der Waals surface area contributed by atoms with E-state index in [2.05, 4.69) is 5.43 Å². The maximum absolute atomic E-state index is 9.49. The zero-order valence-electron chi connectivity index (χ0n) is 6.41. The van der Waals surface area contributed by atoms with Gasteiger partial charge in [-0.2, -0.15) is 0 Å². The predicted octanol–water partition coefficient (Wildman–Crippen LogP) is 0.211. The average molecular weight is 152 g/mol. The molecule has 0 saturated carbocycles. The van der Waals surface area contributed by atoms with Crippen LogP contribution in [-0.4, -0.2) is 10.7 Å². The molecule has 0 aromatic carbocycles. The van der Waals surface area contributed by atoms with Crippen molar-refractivity contribution in [3.63, 3.8) is 0 Å². The number of allylic oxidation sites excluding steroid dienone is 3. The number of hydrogen-bond donors (Lipinski definition) is 3. The number of hydrogen-bond acceptors (Lipinski definition) is 3. The van der Waals surface area contributed by atoms with Crippen molar-refractivity contribution in [1.29, 1.82) is 0 Å². The molecule has 0 aliphatic heterocycles. The van der Waals surface area contributed by atoms with Crippen molar-refractivity contribution >= 4 is 0 Å². The minimum absolute atomic E-state index is 0.777. The van der Waals surface area contributed by atoms with Crippen LogP contribution in [0.15, 0.2) is 36.1 Å². The van der Waals surface area contributed by atoms with Crippen molar-refractivity contribution in [3.8, 4) is 0 Å². The summed E-state index contributed by atoms with van der Waals surface area (Å²) in [5.74, 6) is 5.18. The van der Waals surface area contributed by atoms with Gasteiger partial charge in [0, 0.05) is 5.70 Å². The molecule has 1 unspecified atom stereocenters. The quantitative estimate of drug-likeness (QED) is 0.372. The van der Waals surface area contributed by atoms with E-state index in [9.17, 15) is 5.11 Å². The van der Waals surface area contributed by atoms with Crippen molar-refractivity contribution in [1.82, 2.24) is 5.43 Å². The maximum Gasteiger partial charge on any atom is 0.0987 e. The van der Waals surface area contributed by atoms with E-state index < -0.39 is 5.60 Å².